The van der Waals surface area contributed by atoms with Gasteiger partial charge >= 0.3 is 0 Å². The Morgan fingerprint density at radius 3 is 2.39 bits per heavy atom. The molecule has 7 heteroatoms. The van der Waals surface area contributed by atoms with E-state index in [4.69, 9.17) is 40.5 Å². The van der Waals surface area contributed by atoms with E-state index in [2.05, 4.69) is 26.2 Å². The molecule has 0 bridgehead atoms. The second kappa shape index (κ2) is 5.53. The predicted molar refractivity (Wildman–Crippen MR) is 81.1 cm³/mol. The van der Waals surface area contributed by atoms with Crippen LogP contribution in [0.15, 0.2) is 29.0 Å². The lowest BCUT2D eigenvalue weighted by Gasteiger charge is -2.13. The number of anilines is 3. The standard InChI is InChI=1S/C11H7BrCl3N3/c12-5-3-17-4-9(16)11(5)18-10-2-7(14)6(13)1-8(10)15/h1-4H,16H2,(H,17,18). The van der Waals surface area contributed by atoms with E-state index in [0.29, 0.717) is 32.1 Å². The van der Waals surface area contributed by atoms with E-state index in [1.807, 2.05) is 0 Å². The number of pyridine rings is 1. The fourth-order valence-corrected chi connectivity index (χ4v) is 2.38. The zero-order valence-electron chi connectivity index (χ0n) is 8.85. The molecular weight excluding hydrogens is 360 g/mol. The van der Waals surface area contributed by atoms with Crippen molar-refractivity contribution in [2.24, 2.45) is 0 Å². The molecule has 1 heterocycles. The van der Waals surface area contributed by atoms with Crippen molar-refractivity contribution in [1.82, 2.24) is 4.98 Å². The minimum Gasteiger partial charge on any atom is -0.396 e. The van der Waals surface area contributed by atoms with Gasteiger partial charge in [-0.2, -0.15) is 0 Å². The zero-order valence-corrected chi connectivity index (χ0v) is 12.7. The molecule has 0 saturated heterocycles. The minimum atomic E-state index is 0.397. The smallest absolute Gasteiger partial charge is 0.0794 e. The Labute approximate surface area is 127 Å². The van der Waals surface area contributed by atoms with Crippen molar-refractivity contribution in [2.45, 2.75) is 0 Å². The van der Waals surface area contributed by atoms with Crippen molar-refractivity contribution in [3.63, 3.8) is 0 Å². The summed E-state index contributed by atoms with van der Waals surface area (Å²) < 4.78 is 0.727. The molecule has 1 aromatic heterocycles. The van der Waals surface area contributed by atoms with Gasteiger partial charge in [0.2, 0.25) is 0 Å². The third kappa shape index (κ3) is 2.83. The quantitative estimate of drug-likeness (QED) is 0.724. The van der Waals surface area contributed by atoms with Gasteiger partial charge in [0.05, 0.1) is 42.8 Å². The van der Waals surface area contributed by atoms with E-state index in [1.54, 1.807) is 24.5 Å². The van der Waals surface area contributed by atoms with Gasteiger partial charge in [0.25, 0.3) is 0 Å². The number of nitrogens with two attached hydrogens (primary N) is 1. The Hall–Kier alpha value is -0.680. The molecular formula is C11H7BrCl3N3. The fourth-order valence-electron chi connectivity index (χ4n) is 1.33. The summed E-state index contributed by atoms with van der Waals surface area (Å²) in [6.07, 6.45) is 3.17. The summed E-state index contributed by atoms with van der Waals surface area (Å²) in [6, 6.07) is 3.21. The van der Waals surface area contributed by atoms with Gasteiger partial charge in [-0.15, -0.1) is 0 Å². The maximum absolute atomic E-state index is 6.08. The molecule has 0 saturated carbocycles. The number of hydrogen-bond donors (Lipinski definition) is 2. The summed E-state index contributed by atoms with van der Waals surface area (Å²) in [6.45, 7) is 0. The Morgan fingerprint density at radius 2 is 1.72 bits per heavy atom. The average molecular weight is 367 g/mol. The van der Waals surface area contributed by atoms with Crippen LogP contribution in [0, 0.1) is 0 Å². The lowest BCUT2D eigenvalue weighted by Crippen LogP contribution is -1.99. The van der Waals surface area contributed by atoms with Crippen molar-refractivity contribution < 1.29 is 0 Å². The topological polar surface area (TPSA) is 50.9 Å². The number of rotatable bonds is 2. The van der Waals surface area contributed by atoms with Gasteiger partial charge in [0, 0.05) is 6.20 Å². The summed E-state index contributed by atoms with van der Waals surface area (Å²) in [5.41, 5.74) is 7.61. The highest BCUT2D eigenvalue weighted by molar-refractivity contribution is 9.10. The molecule has 0 spiro atoms. The predicted octanol–water partition coefficient (Wildman–Crippen LogP) is 5.13. The molecule has 2 rings (SSSR count). The van der Waals surface area contributed by atoms with Crippen LogP contribution in [0.4, 0.5) is 17.1 Å². The maximum Gasteiger partial charge on any atom is 0.0794 e. The normalized spacial score (nSPS) is 10.4. The molecule has 0 unspecified atom stereocenters. The van der Waals surface area contributed by atoms with Crippen LogP contribution >= 0.6 is 50.7 Å². The van der Waals surface area contributed by atoms with Gasteiger partial charge in [-0.1, -0.05) is 34.8 Å². The third-order valence-corrected chi connectivity index (χ3v) is 3.83. The third-order valence-electron chi connectivity index (χ3n) is 2.20. The van der Waals surface area contributed by atoms with E-state index in [-0.39, 0.29) is 0 Å². The Balaban J connectivity index is 2.43. The van der Waals surface area contributed by atoms with Crippen LogP contribution in [0.3, 0.4) is 0 Å². The summed E-state index contributed by atoms with van der Waals surface area (Å²) in [5.74, 6) is 0. The molecule has 0 atom stereocenters. The first-order chi connectivity index (χ1) is 8.49. The zero-order chi connectivity index (χ0) is 13.3. The van der Waals surface area contributed by atoms with E-state index >= 15 is 0 Å². The highest BCUT2D eigenvalue weighted by Crippen LogP contribution is 2.37. The molecule has 1 aromatic carbocycles. The Kier molecular flexibility index (Phi) is 4.22. The van der Waals surface area contributed by atoms with E-state index in [1.165, 1.54) is 0 Å². The first-order valence-electron chi connectivity index (χ1n) is 4.79. The minimum absolute atomic E-state index is 0.397. The molecule has 2 aromatic rings. The van der Waals surface area contributed by atoms with Gasteiger partial charge in [-0.3, -0.25) is 4.98 Å². The monoisotopic (exact) mass is 365 g/mol. The molecule has 94 valence electrons. The molecule has 0 aliphatic carbocycles. The Bertz CT molecular complexity index is 584. The highest BCUT2D eigenvalue weighted by Gasteiger charge is 2.10. The van der Waals surface area contributed by atoms with Crippen LogP contribution in [0.25, 0.3) is 0 Å². The molecule has 3 N–H and O–H groups in total. The van der Waals surface area contributed by atoms with Gasteiger partial charge in [-0.25, -0.2) is 0 Å². The molecule has 18 heavy (non-hydrogen) atoms. The maximum atomic E-state index is 6.08. The summed E-state index contributed by atoms with van der Waals surface area (Å²) in [7, 11) is 0. The number of nitrogens with one attached hydrogen (secondary N) is 1. The molecule has 3 nitrogen and oxygen atoms in total. The van der Waals surface area contributed by atoms with Crippen LogP contribution < -0.4 is 11.1 Å². The van der Waals surface area contributed by atoms with E-state index < -0.39 is 0 Å². The van der Waals surface area contributed by atoms with E-state index in [0.717, 1.165) is 4.47 Å². The molecule has 0 aliphatic rings. The summed E-state index contributed by atoms with van der Waals surface area (Å²) in [5, 5.41) is 4.35. The lowest BCUT2D eigenvalue weighted by molar-refractivity contribution is 1.31. The lowest BCUT2D eigenvalue weighted by atomic mass is 10.3. The summed E-state index contributed by atoms with van der Waals surface area (Å²) in [4.78, 5) is 3.95. The van der Waals surface area contributed by atoms with Crippen molar-refractivity contribution in [3.8, 4) is 0 Å². The second-order valence-corrected chi connectivity index (χ2v) is 5.53. The molecule has 0 fully saturated rings. The number of nitrogens with zero attached hydrogens (tertiary/aromatic N) is 1. The Morgan fingerprint density at radius 1 is 1.06 bits per heavy atom. The highest BCUT2D eigenvalue weighted by atomic mass is 79.9. The molecule has 0 aliphatic heterocycles. The number of halogens is 4. The summed E-state index contributed by atoms with van der Waals surface area (Å²) >= 11 is 21.2. The SMILES string of the molecule is Nc1cncc(Br)c1Nc1cc(Cl)c(Cl)cc1Cl. The number of benzene rings is 1. The molecule has 0 amide bonds. The second-order valence-electron chi connectivity index (χ2n) is 3.46. The van der Waals surface area contributed by atoms with Gasteiger partial charge in [-0.05, 0) is 28.1 Å². The number of hydrogen-bond acceptors (Lipinski definition) is 3. The fraction of sp³-hybridized carbons (Fsp3) is 0. The van der Waals surface area contributed by atoms with Crippen molar-refractivity contribution >= 4 is 67.8 Å². The first kappa shape index (κ1) is 13.7. The van der Waals surface area contributed by atoms with Crippen molar-refractivity contribution in [2.75, 3.05) is 11.1 Å². The van der Waals surface area contributed by atoms with Crippen LogP contribution in [0.2, 0.25) is 15.1 Å². The van der Waals surface area contributed by atoms with Crippen molar-refractivity contribution in [1.29, 1.82) is 0 Å². The molecule has 0 radical (unpaired) electrons. The number of nitrogen functional groups attached to an aromatic ring is 1. The van der Waals surface area contributed by atoms with Gasteiger partial charge < -0.3 is 11.1 Å². The van der Waals surface area contributed by atoms with Gasteiger partial charge in [0.15, 0.2) is 0 Å². The van der Waals surface area contributed by atoms with Crippen LogP contribution in [-0.2, 0) is 0 Å². The van der Waals surface area contributed by atoms with Gasteiger partial charge in [0.1, 0.15) is 0 Å². The van der Waals surface area contributed by atoms with Crippen LogP contribution in [0.5, 0.6) is 0 Å². The van der Waals surface area contributed by atoms with Crippen LogP contribution in [0.1, 0.15) is 0 Å². The van der Waals surface area contributed by atoms with E-state index in [9.17, 15) is 0 Å². The van der Waals surface area contributed by atoms with Crippen LogP contribution in [-0.4, -0.2) is 4.98 Å². The first-order valence-corrected chi connectivity index (χ1v) is 6.72. The average Bonchev–Trinajstić information content (AvgIpc) is 2.30. The largest absolute Gasteiger partial charge is 0.396 e. The number of aromatic nitrogens is 1. The van der Waals surface area contributed by atoms with Crippen molar-refractivity contribution in [3.05, 3.63) is 44.1 Å².